The summed E-state index contributed by atoms with van der Waals surface area (Å²) in [4.78, 5) is 10.1. The number of hydrogen-bond donors (Lipinski definition) is 1. The summed E-state index contributed by atoms with van der Waals surface area (Å²) in [6.45, 7) is 2.17. The molecule has 0 fully saturated rings. The van der Waals surface area contributed by atoms with Crippen LogP contribution in [0.2, 0.25) is 0 Å². The van der Waals surface area contributed by atoms with Gasteiger partial charge in [0.1, 0.15) is 0 Å². The highest BCUT2D eigenvalue weighted by Gasteiger charge is 2.11. The molecule has 2 rings (SSSR count). The topological polar surface area (TPSA) is 89.3 Å². The zero-order chi connectivity index (χ0) is 16.9. The first-order valence-electron chi connectivity index (χ1n) is 7.12. The highest BCUT2D eigenvalue weighted by atomic mass is 32.2. The summed E-state index contributed by atoms with van der Waals surface area (Å²) < 4.78 is 26.6. The lowest BCUT2D eigenvalue weighted by Crippen LogP contribution is -2.27. The molecular weight excluding hydrogens is 316 g/mol. The molecule has 0 unspecified atom stereocenters. The SMILES string of the molecule is Cc1cccc(CS(=O)(=O)NCCc2ccc([N+](=O)[O-])cc2)c1. The van der Waals surface area contributed by atoms with Crippen LogP contribution in [0.4, 0.5) is 5.69 Å². The van der Waals surface area contributed by atoms with Gasteiger partial charge in [-0.2, -0.15) is 0 Å². The van der Waals surface area contributed by atoms with Crippen molar-refractivity contribution in [3.05, 3.63) is 75.3 Å². The van der Waals surface area contributed by atoms with Crippen molar-refractivity contribution in [1.29, 1.82) is 0 Å². The molecular formula is C16H18N2O4S. The molecule has 0 aliphatic rings. The minimum Gasteiger partial charge on any atom is -0.258 e. The van der Waals surface area contributed by atoms with Crippen LogP contribution >= 0.6 is 0 Å². The van der Waals surface area contributed by atoms with Gasteiger partial charge in [-0.1, -0.05) is 42.0 Å². The van der Waals surface area contributed by atoms with Crippen LogP contribution in [-0.4, -0.2) is 19.9 Å². The van der Waals surface area contributed by atoms with Crippen LogP contribution in [-0.2, 0) is 22.2 Å². The van der Waals surface area contributed by atoms with Crippen molar-refractivity contribution in [2.75, 3.05) is 6.54 Å². The summed E-state index contributed by atoms with van der Waals surface area (Å²) in [6.07, 6.45) is 0.477. The van der Waals surface area contributed by atoms with E-state index in [0.717, 1.165) is 16.7 Å². The Labute approximate surface area is 135 Å². The van der Waals surface area contributed by atoms with Crippen LogP contribution in [0.5, 0.6) is 0 Å². The van der Waals surface area contributed by atoms with Crippen molar-refractivity contribution in [3.63, 3.8) is 0 Å². The Kier molecular flexibility index (Phi) is 5.46. The Hall–Kier alpha value is -2.25. The molecule has 0 atom stereocenters. The summed E-state index contributed by atoms with van der Waals surface area (Å²) in [5, 5.41) is 10.6. The number of non-ortho nitro benzene ring substituents is 1. The van der Waals surface area contributed by atoms with E-state index >= 15 is 0 Å². The van der Waals surface area contributed by atoms with Crippen molar-refractivity contribution >= 4 is 15.7 Å². The van der Waals surface area contributed by atoms with Crippen LogP contribution in [0, 0.1) is 17.0 Å². The van der Waals surface area contributed by atoms with Gasteiger partial charge in [-0.25, -0.2) is 13.1 Å². The fraction of sp³-hybridized carbons (Fsp3) is 0.250. The third-order valence-electron chi connectivity index (χ3n) is 3.32. The molecule has 23 heavy (non-hydrogen) atoms. The molecule has 6 nitrogen and oxygen atoms in total. The Morgan fingerprint density at radius 2 is 1.78 bits per heavy atom. The molecule has 0 radical (unpaired) electrons. The van der Waals surface area contributed by atoms with Gasteiger partial charge < -0.3 is 0 Å². The molecule has 0 heterocycles. The van der Waals surface area contributed by atoms with Crippen LogP contribution in [0.25, 0.3) is 0 Å². The van der Waals surface area contributed by atoms with Gasteiger partial charge in [0.2, 0.25) is 10.0 Å². The Morgan fingerprint density at radius 3 is 2.39 bits per heavy atom. The van der Waals surface area contributed by atoms with Gasteiger partial charge in [-0.3, -0.25) is 10.1 Å². The molecule has 2 aromatic carbocycles. The zero-order valence-electron chi connectivity index (χ0n) is 12.7. The van der Waals surface area contributed by atoms with E-state index in [2.05, 4.69) is 4.72 Å². The molecule has 0 aliphatic carbocycles. The number of nitro benzene ring substituents is 1. The van der Waals surface area contributed by atoms with E-state index in [1.807, 2.05) is 25.1 Å². The van der Waals surface area contributed by atoms with Crippen molar-refractivity contribution in [2.24, 2.45) is 0 Å². The predicted octanol–water partition coefficient (Wildman–Crippen LogP) is 2.57. The number of nitrogens with zero attached hydrogens (tertiary/aromatic N) is 1. The van der Waals surface area contributed by atoms with Gasteiger partial charge in [0.25, 0.3) is 5.69 Å². The van der Waals surface area contributed by atoms with Gasteiger partial charge in [0, 0.05) is 18.7 Å². The maximum Gasteiger partial charge on any atom is 0.269 e. The summed E-state index contributed by atoms with van der Waals surface area (Å²) in [7, 11) is -3.40. The smallest absolute Gasteiger partial charge is 0.258 e. The van der Waals surface area contributed by atoms with Gasteiger partial charge in [-0.05, 0) is 24.5 Å². The van der Waals surface area contributed by atoms with Crippen molar-refractivity contribution in [1.82, 2.24) is 4.72 Å². The van der Waals surface area contributed by atoms with E-state index in [0.29, 0.717) is 6.42 Å². The maximum absolute atomic E-state index is 12.0. The molecule has 0 spiro atoms. The van der Waals surface area contributed by atoms with E-state index in [-0.39, 0.29) is 18.0 Å². The van der Waals surface area contributed by atoms with Crippen LogP contribution in [0.3, 0.4) is 0 Å². The van der Waals surface area contributed by atoms with Gasteiger partial charge >= 0.3 is 0 Å². The second kappa shape index (κ2) is 7.34. The number of nitrogens with one attached hydrogen (secondary N) is 1. The molecule has 122 valence electrons. The lowest BCUT2D eigenvalue weighted by atomic mass is 10.1. The third-order valence-corrected chi connectivity index (χ3v) is 4.68. The highest BCUT2D eigenvalue weighted by Crippen LogP contribution is 2.12. The van der Waals surface area contributed by atoms with Crippen molar-refractivity contribution in [2.45, 2.75) is 19.1 Å². The zero-order valence-corrected chi connectivity index (χ0v) is 13.5. The van der Waals surface area contributed by atoms with E-state index in [1.54, 1.807) is 18.2 Å². The minimum absolute atomic E-state index is 0.0220. The summed E-state index contributed by atoms with van der Waals surface area (Å²) in [5.41, 5.74) is 2.62. The van der Waals surface area contributed by atoms with Crippen molar-refractivity contribution in [3.8, 4) is 0 Å². The molecule has 2 aromatic rings. The van der Waals surface area contributed by atoms with E-state index < -0.39 is 14.9 Å². The Bertz CT molecular complexity index is 786. The standard InChI is InChI=1S/C16H18N2O4S/c1-13-3-2-4-15(11-13)12-23(21,22)17-10-9-14-5-7-16(8-6-14)18(19)20/h2-8,11,17H,9-10,12H2,1H3. The molecule has 0 saturated heterocycles. The first-order chi connectivity index (χ1) is 10.9. The fourth-order valence-electron chi connectivity index (χ4n) is 2.21. The number of benzene rings is 2. The second-order valence-electron chi connectivity index (χ2n) is 5.32. The fourth-order valence-corrected chi connectivity index (χ4v) is 3.34. The van der Waals surface area contributed by atoms with Gasteiger partial charge in [-0.15, -0.1) is 0 Å². The third kappa shape index (κ3) is 5.46. The number of hydrogen-bond acceptors (Lipinski definition) is 4. The van der Waals surface area contributed by atoms with Crippen LogP contribution < -0.4 is 4.72 Å². The van der Waals surface area contributed by atoms with Crippen LogP contribution in [0.15, 0.2) is 48.5 Å². The van der Waals surface area contributed by atoms with Gasteiger partial charge in [0.15, 0.2) is 0 Å². The van der Waals surface area contributed by atoms with Crippen molar-refractivity contribution < 1.29 is 13.3 Å². The summed E-state index contributed by atoms with van der Waals surface area (Å²) in [6, 6.07) is 13.5. The maximum atomic E-state index is 12.0. The molecule has 0 aliphatic heterocycles. The Morgan fingerprint density at radius 1 is 1.09 bits per heavy atom. The molecule has 0 amide bonds. The average Bonchev–Trinajstić information content (AvgIpc) is 2.47. The first-order valence-corrected chi connectivity index (χ1v) is 8.77. The molecule has 1 N–H and O–H groups in total. The van der Waals surface area contributed by atoms with E-state index in [4.69, 9.17) is 0 Å². The lowest BCUT2D eigenvalue weighted by Gasteiger charge is -2.07. The molecule has 7 heteroatoms. The van der Waals surface area contributed by atoms with Crippen LogP contribution in [0.1, 0.15) is 16.7 Å². The monoisotopic (exact) mass is 334 g/mol. The predicted molar refractivity (Wildman–Crippen MR) is 88.6 cm³/mol. The summed E-state index contributed by atoms with van der Waals surface area (Å²) in [5.74, 6) is -0.0606. The molecule has 0 saturated carbocycles. The largest absolute Gasteiger partial charge is 0.269 e. The lowest BCUT2D eigenvalue weighted by molar-refractivity contribution is -0.384. The first kappa shape index (κ1) is 17.1. The van der Waals surface area contributed by atoms with Gasteiger partial charge in [0.05, 0.1) is 10.7 Å². The summed E-state index contributed by atoms with van der Waals surface area (Å²) >= 11 is 0. The number of rotatable bonds is 7. The second-order valence-corrected chi connectivity index (χ2v) is 7.12. The number of sulfonamides is 1. The molecule has 0 aromatic heterocycles. The molecule has 0 bridgehead atoms. The minimum atomic E-state index is -3.40. The Balaban J connectivity index is 1.88. The average molecular weight is 334 g/mol. The number of nitro groups is 1. The highest BCUT2D eigenvalue weighted by molar-refractivity contribution is 7.88. The number of aryl methyl sites for hydroxylation is 1. The van der Waals surface area contributed by atoms with E-state index in [1.165, 1.54) is 12.1 Å². The quantitative estimate of drug-likeness (QED) is 0.622. The van der Waals surface area contributed by atoms with E-state index in [9.17, 15) is 18.5 Å². The normalized spacial score (nSPS) is 11.3.